The van der Waals surface area contributed by atoms with Gasteiger partial charge in [0.15, 0.2) is 0 Å². The minimum Gasteiger partial charge on any atom is -0.378 e. The number of hydrogen-bond acceptors (Lipinski definition) is 3. The first-order chi connectivity index (χ1) is 9.49. The van der Waals surface area contributed by atoms with Crippen LogP contribution in [-0.4, -0.2) is 24.7 Å². The number of nitrogens with one attached hydrogen (secondary N) is 1. The number of hydrogen-bond donors (Lipinski definition) is 2. The molecule has 0 saturated heterocycles. The summed E-state index contributed by atoms with van der Waals surface area (Å²) in [5.41, 5.74) is 5.60. The molecule has 110 valence electrons. The number of anilines is 1. The molecule has 1 aliphatic rings. The van der Waals surface area contributed by atoms with Gasteiger partial charge >= 0.3 is 0 Å². The summed E-state index contributed by atoms with van der Waals surface area (Å²) >= 11 is 9.36. The lowest BCUT2D eigenvalue weighted by Gasteiger charge is -2.42. The summed E-state index contributed by atoms with van der Waals surface area (Å²) in [7, 11) is 1.62. The molecule has 1 aromatic carbocycles. The maximum Gasteiger partial charge on any atom is 0.245 e. The molecule has 2 rings (SSSR count). The van der Waals surface area contributed by atoms with Crippen LogP contribution in [0.15, 0.2) is 22.7 Å². The molecule has 1 amide bonds. The highest BCUT2D eigenvalue weighted by Crippen LogP contribution is 2.35. The second kappa shape index (κ2) is 6.33. The number of carbonyl (C=O) groups is 1. The fraction of sp³-hybridized carbons (Fsp3) is 0.500. The molecule has 4 nitrogen and oxygen atoms in total. The van der Waals surface area contributed by atoms with Crippen LogP contribution < -0.4 is 11.1 Å². The first kappa shape index (κ1) is 15.6. The van der Waals surface area contributed by atoms with Gasteiger partial charge in [0.1, 0.15) is 5.54 Å². The summed E-state index contributed by atoms with van der Waals surface area (Å²) in [6.07, 6.45) is 3.26. The van der Waals surface area contributed by atoms with E-state index < -0.39 is 5.54 Å². The zero-order valence-corrected chi connectivity index (χ0v) is 13.6. The summed E-state index contributed by atoms with van der Waals surface area (Å²) in [6.45, 7) is 0. The topological polar surface area (TPSA) is 64.3 Å². The van der Waals surface area contributed by atoms with Crippen LogP contribution in [0.1, 0.15) is 25.7 Å². The van der Waals surface area contributed by atoms with E-state index in [-0.39, 0.29) is 12.0 Å². The summed E-state index contributed by atoms with van der Waals surface area (Å²) < 4.78 is 6.27. The monoisotopic (exact) mass is 360 g/mol. The number of ether oxygens (including phenoxy) is 1. The molecule has 2 atom stereocenters. The van der Waals surface area contributed by atoms with Gasteiger partial charge in [0.05, 0.1) is 11.1 Å². The van der Waals surface area contributed by atoms with Crippen molar-refractivity contribution in [2.75, 3.05) is 12.4 Å². The molecular weight excluding hydrogens is 344 g/mol. The van der Waals surface area contributed by atoms with Crippen molar-refractivity contribution in [3.05, 3.63) is 27.7 Å². The third-order valence-corrected chi connectivity index (χ3v) is 5.06. The Morgan fingerprint density at radius 2 is 2.30 bits per heavy atom. The molecule has 1 aliphatic carbocycles. The first-order valence-corrected chi connectivity index (χ1v) is 7.72. The molecule has 0 radical (unpaired) electrons. The standard InChI is InChI=1S/C14H18BrClN2O2/c1-20-12-4-2-3-7-14(12,13(17)19)18-9-5-6-11(16)10(15)8-9/h5-6,8,12,18H,2-4,7H2,1H3,(H2,17,19). The molecule has 1 aromatic rings. The summed E-state index contributed by atoms with van der Waals surface area (Å²) in [6, 6.07) is 5.45. The molecule has 2 unspecified atom stereocenters. The summed E-state index contributed by atoms with van der Waals surface area (Å²) in [5, 5.41) is 3.90. The van der Waals surface area contributed by atoms with Crippen molar-refractivity contribution in [3.8, 4) is 0 Å². The zero-order valence-electron chi connectivity index (χ0n) is 11.3. The Bertz CT molecular complexity index is 512. The van der Waals surface area contributed by atoms with Gasteiger partial charge in [-0.2, -0.15) is 0 Å². The molecule has 0 aliphatic heterocycles. The van der Waals surface area contributed by atoms with Crippen molar-refractivity contribution in [2.24, 2.45) is 5.73 Å². The molecule has 1 saturated carbocycles. The molecule has 0 spiro atoms. The van der Waals surface area contributed by atoms with Crippen LogP contribution in [0.3, 0.4) is 0 Å². The van der Waals surface area contributed by atoms with Gasteiger partial charge in [0.2, 0.25) is 5.91 Å². The third-order valence-electron chi connectivity index (χ3n) is 3.85. The van der Waals surface area contributed by atoms with E-state index in [0.717, 1.165) is 29.4 Å². The van der Waals surface area contributed by atoms with Gasteiger partial charge in [-0.15, -0.1) is 0 Å². The van der Waals surface area contributed by atoms with Crippen molar-refractivity contribution in [1.29, 1.82) is 0 Å². The highest BCUT2D eigenvalue weighted by molar-refractivity contribution is 9.10. The molecule has 20 heavy (non-hydrogen) atoms. The number of halogens is 2. The third kappa shape index (κ3) is 2.95. The summed E-state index contributed by atoms with van der Waals surface area (Å²) in [4.78, 5) is 12.0. The number of nitrogens with two attached hydrogens (primary N) is 1. The smallest absolute Gasteiger partial charge is 0.245 e. The van der Waals surface area contributed by atoms with Crippen LogP contribution in [0.2, 0.25) is 5.02 Å². The predicted octanol–water partition coefficient (Wildman–Crippen LogP) is 3.33. The Morgan fingerprint density at radius 1 is 1.55 bits per heavy atom. The van der Waals surface area contributed by atoms with Crippen molar-refractivity contribution >= 4 is 39.1 Å². The van der Waals surface area contributed by atoms with E-state index in [1.165, 1.54) is 0 Å². The van der Waals surface area contributed by atoms with Gasteiger partial charge in [0, 0.05) is 17.3 Å². The second-order valence-electron chi connectivity index (χ2n) is 5.06. The van der Waals surface area contributed by atoms with Crippen LogP contribution in [0.25, 0.3) is 0 Å². The van der Waals surface area contributed by atoms with Gasteiger partial charge in [-0.25, -0.2) is 0 Å². The maximum atomic E-state index is 12.0. The molecular formula is C14H18BrClN2O2. The molecule has 1 fully saturated rings. The highest BCUT2D eigenvalue weighted by Gasteiger charge is 2.46. The van der Waals surface area contributed by atoms with Crippen LogP contribution in [-0.2, 0) is 9.53 Å². The number of primary amides is 1. The van der Waals surface area contributed by atoms with Gasteiger partial charge in [-0.3, -0.25) is 4.79 Å². The Balaban J connectivity index is 2.32. The van der Waals surface area contributed by atoms with Gasteiger partial charge in [-0.1, -0.05) is 24.4 Å². The van der Waals surface area contributed by atoms with Gasteiger partial charge < -0.3 is 15.8 Å². The Morgan fingerprint density at radius 3 is 2.90 bits per heavy atom. The van der Waals surface area contributed by atoms with E-state index in [9.17, 15) is 4.79 Å². The van der Waals surface area contributed by atoms with Crippen LogP contribution in [0.5, 0.6) is 0 Å². The van der Waals surface area contributed by atoms with E-state index in [2.05, 4.69) is 21.2 Å². The van der Waals surface area contributed by atoms with Crippen molar-refractivity contribution in [2.45, 2.75) is 37.3 Å². The number of rotatable bonds is 4. The average molecular weight is 362 g/mol. The van der Waals surface area contributed by atoms with E-state index in [0.29, 0.717) is 11.4 Å². The lowest BCUT2D eigenvalue weighted by atomic mass is 9.78. The van der Waals surface area contributed by atoms with E-state index in [1.54, 1.807) is 13.2 Å². The number of amides is 1. The van der Waals surface area contributed by atoms with Crippen molar-refractivity contribution in [3.63, 3.8) is 0 Å². The Kier molecular flexibility index (Phi) is 4.94. The molecule has 0 aromatic heterocycles. The molecule has 3 N–H and O–H groups in total. The van der Waals surface area contributed by atoms with E-state index in [4.69, 9.17) is 22.1 Å². The van der Waals surface area contributed by atoms with Gasteiger partial charge in [-0.05, 0) is 47.0 Å². The van der Waals surface area contributed by atoms with Crippen molar-refractivity contribution < 1.29 is 9.53 Å². The van der Waals surface area contributed by atoms with Crippen LogP contribution in [0, 0.1) is 0 Å². The highest BCUT2D eigenvalue weighted by atomic mass is 79.9. The largest absolute Gasteiger partial charge is 0.378 e. The number of carbonyl (C=O) groups excluding carboxylic acids is 1. The van der Waals surface area contributed by atoms with E-state index >= 15 is 0 Å². The number of methoxy groups -OCH3 is 1. The van der Waals surface area contributed by atoms with Crippen LogP contribution in [0.4, 0.5) is 5.69 Å². The Hall–Kier alpha value is -0.780. The molecule has 0 bridgehead atoms. The minimum absolute atomic E-state index is 0.219. The van der Waals surface area contributed by atoms with Gasteiger partial charge in [0.25, 0.3) is 0 Å². The molecule has 6 heteroatoms. The zero-order chi connectivity index (χ0) is 14.8. The summed E-state index contributed by atoms with van der Waals surface area (Å²) in [5.74, 6) is -0.380. The fourth-order valence-electron chi connectivity index (χ4n) is 2.78. The molecule has 0 heterocycles. The van der Waals surface area contributed by atoms with E-state index in [1.807, 2.05) is 12.1 Å². The Labute approximate surface area is 132 Å². The quantitative estimate of drug-likeness (QED) is 0.864. The lowest BCUT2D eigenvalue weighted by molar-refractivity contribution is -0.129. The normalized spacial score (nSPS) is 26.2. The maximum absolute atomic E-state index is 12.0. The minimum atomic E-state index is -0.861. The SMILES string of the molecule is COC1CCCCC1(Nc1ccc(Cl)c(Br)c1)C(N)=O. The average Bonchev–Trinajstić information content (AvgIpc) is 2.43. The second-order valence-corrected chi connectivity index (χ2v) is 6.32. The van der Waals surface area contributed by atoms with Crippen LogP contribution >= 0.6 is 27.5 Å². The fourth-order valence-corrected chi connectivity index (χ4v) is 3.27. The van der Waals surface area contributed by atoms with Crippen molar-refractivity contribution in [1.82, 2.24) is 0 Å². The predicted molar refractivity (Wildman–Crippen MR) is 84.0 cm³/mol. The lowest BCUT2D eigenvalue weighted by Crippen LogP contribution is -2.60. The first-order valence-electron chi connectivity index (χ1n) is 6.55. The number of benzene rings is 1.